The molecule has 0 aliphatic heterocycles. The van der Waals surface area contributed by atoms with Crippen molar-refractivity contribution in [3.63, 3.8) is 0 Å². The molecule has 0 aliphatic rings. The van der Waals surface area contributed by atoms with Gasteiger partial charge in [0.2, 0.25) is 10.0 Å². The maximum absolute atomic E-state index is 12.7. The first-order valence-electron chi connectivity index (χ1n) is 7.88. The number of phenols is 1. The zero-order valence-corrected chi connectivity index (χ0v) is 16.3. The Labute approximate surface area is 158 Å². The van der Waals surface area contributed by atoms with Gasteiger partial charge in [-0.1, -0.05) is 30.3 Å². The number of hydrogen-bond donors (Lipinski definition) is 2. The van der Waals surface area contributed by atoms with E-state index in [9.17, 15) is 21.9 Å². The van der Waals surface area contributed by atoms with E-state index in [1.807, 2.05) is 12.1 Å². The maximum atomic E-state index is 12.7. The van der Waals surface area contributed by atoms with E-state index >= 15 is 0 Å². The van der Waals surface area contributed by atoms with Crippen molar-refractivity contribution in [2.75, 3.05) is 18.8 Å². The van der Waals surface area contributed by atoms with Crippen molar-refractivity contribution in [1.29, 1.82) is 0 Å². The fourth-order valence-electron chi connectivity index (χ4n) is 2.51. The van der Waals surface area contributed by atoms with E-state index < -0.39 is 20.0 Å². The van der Waals surface area contributed by atoms with E-state index in [1.165, 1.54) is 32.3 Å². The summed E-state index contributed by atoms with van der Waals surface area (Å²) in [6.07, 6.45) is 0. The molecule has 3 aromatic carbocycles. The molecule has 0 aliphatic carbocycles. The Balaban J connectivity index is 2.02. The number of sulfonamides is 2. The second kappa shape index (κ2) is 6.84. The fraction of sp³-hybridized carbons (Fsp3) is 0.111. The van der Waals surface area contributed by atoms with Crippen molar-refractivity contribution >= 4 is 36.5 Å². The molecule has 0 unspecified atom stereocenters. The summed E-state index contributed by atoms with van der Waals surface area (Å²) in [6.45, 7) is 0. The molecule has 3 aromatic rings. The molecule has 0 atom stereocenters. The summed E-state index contributed by atoms with van der Waals surface area (Å²) in [5.74, 6) is -0.378. The molecule has 9 heteroatoms. The lowest BCUT2D eigenvalue weighted by Crippen LogP contribution is -2.22. The van der Waals surface area contributed by atoms with Crippen LogP contribution in [0.3, 0.4) is 0 Å². The monoisotopic (exact) mass is 406 g/mol. The van der Waals surface area contributed by atoms with Crippen molar-refractivity contribution in [2.24, 2.45) is 0 Å². The Hall–Kier alpha value is -2.62. The van der Waals surface area contributed by atoms with Crippen LogP contribution in [0.25, 0.3) is 10.8 Å². The van der Waals surface area contributed by atoms with E-state index in [0.29, 0.717) is 0 Å². The molecule has 0 spiro atoms. The lowest BCUT2D eigenvalue weighted by molar-refractivity contribution is 0.477. The minimum atomic E-state index is -4.03. The summed E-state index contributed by atoms with van der Waals surface area (Å²) in [5.41, 5.74) is -0.217. The number of phenolic OH excluding ortho intramolecular Hbond substituents is 1. The average Bonchev–Trinajstić information content (AvgIpc) is 2.62. The molecule has 3 rings (SSSR count). The summed E-state index contributed by atoms with van der Waals surface area (Å²) in [4.78, 5) is -0.136. The van der Waals surface area contributed by atoms with Gasteiger partial charge in [0.05, 0.1) is 15.5 Å². The van der Waals surface area contributed by atoms with Gasteiger partial charge < -0.3 is 5.11 Å². The molecular weight excluding hydrogens is 388 g/mol. The highest BCUT2D eigenvalue weighted by Gasteiger charge is 2.21. The minimum absolute atomic E-state index is 0.00136. The normalized spacial score (nSPS) is 12.4. The van der Waals surface area contributed by atoms with Crippen LogP contribution in [-0.4, -0.2) is 40.3 Å². The number of fused-ring (bicyclic) bond motifs is 1. The Kier molecular flexibility index (Phi) is 4.85. The predicted molar refractivity (Wildman–Crippen MR) is 104 cm³/mol. The topological polar surface area (TPSA) is 104 Å². The molecule has 0 radical (unpaired) electrons. The summed E-state index contributed by atoms with van der Waals surface area (Å²) >= 11 is 0. The smallest absolute Gasteiger partial charge is 0.262 e. The van der Waals surface area contributed by atoms with Crippen LogP contribution in [0.1, 0.15) is 0 Å². The number of benzene rings is 3. The third kappa shape index (κ3) is 3.75. The molecule has 2 N–H and O–H groups in total. The van der Waals surface area contributed by atoms with Crippen LogP contribution in [0.15, 0.2) is 70.5 Å². The van der Waals surface area contributed by atoms with Crippen LogP contribution in [0.5, 0.6) is 5.75 Å². The number of hydrogen-bond acceptors (Lipinski definition) is 5. The second-order valence-electron chi connectivity index (χ2n) is 6.08. The summed E-state index contributed by atoms with van der Waals surface area (Å²) in [7, 11) is -5.08. The number of anilines is 1. The Morgan fingerprint density at radius 1 is 0.815 bits per heavy atom. The molecule has 0 heterocycles. The van der Waals surface area contributed by atoms with Gasteiger partial charge in [0.1, 0.15) is 5.75 Å². The molecule has 0 amide bonds. The number of nitrogens with zero attached hydrogens (tertiary/aromatic N) is 1. The maximum Gasteiger partial charge on any atom is 0.262 e. The van der Waals surface area contributed by atoms with Crippen molar-refractivity contribution in [2.45, 2.75) is 9.79 Å². The van der Waals surface area contributed by atoms with Gasteiger partial charge in [0, 0.05) is 14.1 Å². The molecule has 27 heavy (non-hydrogen) atoms. The highest BCUT2D eigenvalue weighted by Crippen LogP contribution is 2.30. The van der Waals surface area contributed by atoms with E-state index in [2.05, 4.69) is 4.72 Å². The standard InChI is InChI=1S/C18H18N2O5S2/c1-20(2)27(24,25)16-9-10-18(21)17(12-16)19-26(22,23)15-8-7-13-5-3-4-6-14(13)11-15/h3-12,19,21H,1-2H3. The third-order valence-electron chi connectivity index (χ3n) is 4.02. The Morgan fingerprint density at radius 2 is 1.44 bits per heavy atom. The Bertz CT molecular complexity index is 1220. The van der Waals surface area contributed by atoms with Gasteiger partial charge in [-0.25, -0.2) is 21.1 Å². The molecule has 0 bridgehead atoms. The first-order valence-corrected chi connectivity index (χ1v) is 10.8. The molecular formula is C18H18N2O5S2. The highest BCUT2D eigenvalue weighted by molar-refractivity contribution is 7.92. The van der Waals surface area contributed by atoms with E-state index in [1.54, 1.807) is 18.2 Å². The number of rotatable bonds is 5. The van der Waals surface area contributed by atoms with Gasteiger partial charge in [-0.3, -0.25) is 4.72 Å². The average molecular weight is 406 g/mol. The zero-order valence-electron chi connectivity index (χ0n) is 14.6. The number of nitrogens with one attached hydrogen (secondary N) is 1. The van der Waals surface area contributed by atoms with Gasteiger partial charge in [-0.2, -0.15) is 0 Å². The Morgan fingerprint density at radius 3 is 2.11 bits per heavy atom. The van der Waals surface area contributed by atoms with E-state index in [4.69, 9.17) is 0 Å². The lowest BCUT2D eigenvalue weighted by Gasteiger charge is -2.14. The molecule has 0 saturated heterocycles. The second-order valence-corrected chi connectivity index (χ2v) is 9.92. The van der Waals surface area contributed by atoms with Crippen molar-refractivity contribution < 1.29 is 21.9 Å². The van der Waals surface area contributed by atoms with Gasteiger partial charge in [-0.15, -0.1) is 0 Å². The van der Waals surface area contributed by atoms with Crippen LogP contribution >= 0.6 is 0 Å². The molecule has 0 aromatic heterocycles. The van der Waals surface area contributed by atoms with Crippen LogP contribution < -0.4 is 4.72 Å². The largest absolute Gasteiger partial charge is 0.506 e. The van der Waals surface area contributed by atoms with Crippen LogP contribution in [0.4, 0.5) is 5.69 Å². The van der Waals surface area contributed by atoms with Crippen molar-refractivity contribution in [3.8, 4) is 5.75 Å². The molecule has 0 fully saturated rings. The molecule has 0 saturated carbocycles. The molecule has 142 valence electrons. The van der Waals surface area contributed by atoms with Crippen molar-refractivity contribution in [1.82, 2.24) is 4.31 Å². The predicted octanol–water partition coefficient (Wildman–Crippen LogP) is 2.60. The van der Waals surface area contributed by atoms with Gasteiger partial charge in [0.25, 0.3) is 10.0 Å². The van der Waals surface area contributed by atoms with Crippen LogP contribution in [0, 0.1) is 0 Å². The quantitative estimate of drug-likeness (QED) is 0.634. The lowest BCUT2D eigenvalue weighted by atomic mass is 10.1. The van der Waals surface area contributed by atoms with E-state index in [0.717, 1.165) is 27.2 Å². The SMILES string of the molecule is CN(C)S(=O)(=O)c1ccc(O)c(NS(=O)(=O)c2ccc3ccccc3c2)c1. The van der Waals surface area contributed by atoms with Crippen LogP contribution in [-0.2, 0) is 20.0 Å². The third-order valence-corrected chi connectivity index (χ3v) is 7.20. The van der Waals surface area contributed by atoms with E-state index in [-0.39, 0.29) is 21.2 Å². The minimum Gasteiger partial charge on any atom is -0.506 e. The van der Waals surface area contributed by atoms with Gasteiger partial charge in [0.15, 0.2) is 0 Å². The summed E-state index contributed by atoms with van der Waals surface area (Å²) in [6, 6.07) is 15.4. The zero-order chi connectivity index (χ0) is 19.8. The fourth-order valence-corrected chi connectivity index (χ4v) is 4.54. The summed E-state index contributed by atoms with van der Waals surface area (Å²) < 4.78 is 53.2. The first kappa shape index (κ1) is 19.2. The first-order chi connectivity index (χ1) is 12.6. The highest BCUT2D eigenvalue weighted by atomic mass is 32.2. The summed E-state index contributed by atoms with van der Waals surface area (Å²) in [5, 5.41) is 11.6. The van der Waals surface area contributed by atoms with Gasteiger partial charge >= 0.3 is 0 Å². The van der Waals surface area contributed by atoms with Gasteiger partial charge in [-0.05, 0) is 41.1 Å². The van der Waals surface area contributed by atoms with Crippen molar-refractivity contribution in [3.05, 3.63) is 60.7 Å². The van der Waals surface area contributed by atoms with Crippen LogP contribution in [0.2, 0.25) is 0 Å². The number of aromatic hydroxyl groups is 1. The molecule has 7 nitrogen and oxygen atoms in total.